The summed E-state index contributed by atoms with van der Waals surface area (Å²) in [6, 6.07) is 8.75. The van der Waals surface area contributed by atoms with Crippen molar-refractivity contribution in [3.63, 3.8) is 0 Å². The summed E-state index contributed by atoms with van der Waals surface area (Å²) in [5.74, 6) is -0.567. The molecule has 1 aromatic rings. The van der Waals surface area contributed by atoms with E-state index >= 15 is 0 Å². The third kappa shape index (κ3) is 5.72. The summed E-state index contributed by atoms with van der Waals surface area (Å²) >= 11 is 0. The van der Waals surface area contributed by atoms with E-state index in [1.807, 2.05) is 30.3 Å². The standard InChI is InChI=1S/C20H28N2O5/c1-19(2,3)27-17(23)11-15(21)16-13-26-20(4,5)22(16)18(24)25-12-14-9-7-6-8-10-14/h6-11,16H,12-13,21H2,1-5H3/b15-11-/t16-/m0/s1. The molecule has 0 saturated carbocycles. The van der Waals surface area contributed by atoms with E-state index in [9.17, 15) is 9.59 Å². The number of hydrogen-bond donors (Lipinski definition) is 1. The van der Waals surface area contributed by atoms with E-state index in [0.29, 0.717) is 0 Å². The molecule has 7 heteroatoms. The van der Waals surface area contributed by atoms with Crippen LogP contribution in [0.4, 0.5) is 4.79 Å². The highest BCUT2D eigenvalue weighted by molar-refractivity contribution is 5.83. The highest BCUT2D eigenvalue weighted by Gasteiger charge is 2.46. The van der Waals surface area contributed by atoms with E-state index in [4.69, 9.17) is 19.9 Å². The van der Waals surface area contributed by atoms with E-state index < -0.39 is 29.4 Å². The van der Waals surface area contributed by atoms with E-state index in [-0.39, 0.29) is 18.9 Å². The lowest BCUT2D eigenvalue weighted by molar-refractivity contribution is -0.148. The minimum absolute atomic E-state index is 0.134. The van der Waals surface area contributed by atoms with Gasteiger partial charge < -0.3 is 19.9 Å². The Morgan fingerprint density at radius 1 is 1.30 bits per heavy atom. The molecule has 1 amide bonds. The third-order valence-corrected chi connectivity index (χ3v) is 3.96. The van der Waals surface area contributed by atoms with Gasteiger partial charge in [0.15, 0.2) is 0 Å². The van der Waals surface area contributed by atoms with Crippen LogP contribution in [-0.2, 0) is 25.6 Å². The highest BCUT2D eigenvalue weighted by Crippen LogP contribution is 2.30. The highest BCUT2D eigenvalue weighted by atomic mass is 16.6. The van der Waals surface area contributed by atoms with Gasteiger partial charge in [-0.3, -0.25) is 4.90 Å². The van der Waals surface area contributed by atoms with Gasteiger partial charge in [0, 0.05) is 11.8 Å². The van der Waals surface area contributed by atoms with Crippen molar-refractivity contribution in [1.29, 1.82) is 0 Å². The Labute approximate surface area is 160 Å². The zero-order valence-electron chi connectivity index (χ0n) is 16.5. The second-order valence-electron chi connectivity index (χ2n) is 7.86. The maximum Gasteiger partial charge on any atom is 0.413 e. The Morgan fingerprint density at radius 2 is 1.93 bits per heavy atom. The molecule has 0 aromatic heterocycles. The molecule has 1 aromatic carbocycles. The SMILES string of the molecule is CC(C)(C)OC(=O)/C=C(\N)[C@@H]1COC(C)(C)N1C(=O)OCc1ccccc1. The molecule has 0 bridgehead atoms. The Hall–Kier alpha value is -2.54. The Morgan fingerprint density at radius 3 is 2.52 bits per heavy atom. The molecule has 1 saturated heterocycles. The first-order chi connectivity index (χ1) is 12.5. The van der Waals surface area contributed by atoms with Crippen LogP contribution in [0.5, 0.6) is 0 Å². The number of nitrogens with zero attached hydrogens (tertiary/aromatic N) is 1. The van der Waals surface area contributed by atoms with Crippen molar-refractivity contribution >= 4 is 12.1 Å². The van der Waals surface area contributed by atoms with Crippen LogP contribution in [0, 0.1) is 0 Å². The Bertz CT molecular complexity index is 707. The van der Waals surface area contributed by atoms with E-state index in [1.54, 1.807) is 34.6 Å². The fourth-order valence-electron chi connectivity index (χ4n) is 2.75. The van der Waals surface area contributed by atoms with Crippen molar-refractivity contribution in [3.8, 4) is 0 Å². The molecule has 0 aliphatic carbocycles. The number of rotatable bonds is 4. The summed E-state index contributed by atoms with van der Waals surface area (Å²) in [6.45, 7) is 9.10. The van der Waals surface area contributed by atoms with Crippen molar-refractivity contribution in [2.45, 2.75) is 58.6 Å². The fraction of sp³-hybridized carbons (Fsp3) is 0.500. The molecule has 0 radical (unpaired) electrons. The van der Waals surface area contributed by atoms with Crippen molar-refractivity contribution in [3.05, 3.63) is 47.7 Å². The topological polar surface area (TPSA) is 91.1 Å². The molecule has 1 fully saturated rings. The van der Waals surface area contributed by atoms with Crippen LogP contribution in [0.1, 0.15) is 40.2 Å². The van der Waals surface area contributed by atoms with Crippen molar-refractivity contribution in [2.75, 3.05) is 6.61 Å². The largest absolute Gasteiger partial charge is 0.457 e. The van der Waals surface area contributed by atoms with E-state index in [2.05, 4.69) is 0 Å². The molecule has 7 nitrogen and oxygen atoms in total. The summed E-state index contributed by atoms with van der Waals surface area (Å²) in [7, 11) is 0. The Kier molecular flexibility index (Phi) is 6.15. The summed E-state index contributed by atoms with van der Waals surface area (Å²) < 4.78 is 16.4. The maximum atomic E-state index is 12.7. The number of nitrogens with two attached hydrogens (primary N) is 1. The number of carbonyl (C=O) groups is 2. The van der Waals surface area contributed by atoms with Crippen molar-refractivity contribution in [1.82, 2.24) is 4.90 Å². The van der Waals surface area contributed by atoms with Gasteiger partial charge in [0.05, 0.1) is 6.61 Å². The van der Waals surface area contributed by atoms with Crippen LogP contribution < -0.4 is 5.73 Å². The summed E-state index contributed by atoms with van der Waals surface area (Å²) in [6.07, 6.45) is 0.630. The van der Waals surface area contributed by atoms with Gasteiger partial charge in [0.1, 0.15) is 24.0 Å². The van der Waals surface area contributed by atoms with Gasteiger partial charge in [0.25, 0.3) is 0 Å². The van der Waals surface area contributed by atoms with Gasteiger partial charge in [-0.1, -0.05) is 30.3 Å². The van der Waals surface area contributed by atoms with Crippen molar-refractivity contribution < 1.29 is 23.8 Å². The van der Waals surface area contributed by atoms with Crippen LogP contribution in [0.3, 0.4) is 0 Å². The van der Waals surface area contributed by atoms with Crippen molar-refractivity contribution in [2.24, 2.45) is 5.73 Å². The van der Waals surface area contributed by atoms with Crippen LogP contribution in [0.25, 0.3) is 0 Å². The van der Waals surface area contributed by atoms with Gasteiger partial charge in [-0.25, -0.2) is 9.59 Å². The number of amides is 1. The molecular weight excluding hydrogens is 348 g/mol. The van der Waals surface area contributed by atoms with Crippen LogP contribution in [0.15, 0.2) is 42.1 Å². The smallest absolute Gasteiger partial charge is 0.413 e. The maximum absolute atomic E-state index is 12.7. The molecule has 1 heterocycles. The molecular formula is C20H28N2O5. The third-order valence-electron chi connectivity index (χ3n) is 3.96. The molecule has 0 spiro atoms. The van der Waals surface area contributed by atoms with Crippen LogP contribution >= 0.6 is 0 Å². The number of ether oxygens (including phenoxy) is 3. The first kappa shape index (κ1) is 20.8. The van der Waals surface area contributed by atoms with Gasteiger partial charge >= 0.3 is 12.1 Å². The van der Waals surface area contributed by atoms with Crippen LogP contribution in [-0.4, -0.2) is 40.9 Å². The minimum Gasteiger partial charge on any atom is -0.457 e. The average Bonchev–Trinajstić information content (AvgIpc) is 2.87. The minimum atomic E-state index is -0.912. The Balaban J connectivity index is 2.11. The lowest BCUT2D eigenvalue weighted by atomic mass is 10.1. The zero-order chi connectivity index (χ0) is 20.2. The molecule has 1 atom stereocenters. The van der Waals surface area contributed by atoms with Crippen LogP contribution in [0.2, 0.25) is 0 Å². The van der Waals surface area contributed by atoms with Gasteiger partial charge in [-0.15, -0.1) is 0 Å². The predicted molar refractivity (Wildman–Crippen MR) is 100 cm³/mol. The fourth-order valence-corrected chi connectivity index (χ4v) is 2.75. The number of hydrogen-bond acceptors (Lipinski definition) is 6. The molecule has 148 valence electrons. The van der Waals surface area contributed by atoms with E-state index in [1.165, 1.54) is 11.0 Å². The van der Waals surface area contributed by atoms with Gasteiger partial charge in [0.2, 0.25) is 0 Å². The summed E-state index contributed by atoms with van der Waals surface area (Å²) in [4.78, 5) is 26.1. The number of esters is 1. The summed E-state index contributed by atoms with van der Waals surface area (Å²) in [5, 5.41) is 0. The summed E-state index contributed by atoms with van der Waals surface area (Å²) in [5.41, 5.74) is 5.60. The average molecular weight is 376 g/mol. The normalized spacial score (nSPS) is 19.7. The predicted octanol–water partition coefficient (Wildman–Crippen LogP) is 2.94. The lowest BCUT2D eigenvalue weighted by Crippen LogP contribution is -2.49. The number of carbonyl (C=O) groups excluding carboxylic acids is 2. The molecule has 1 aliphatic heterocycles. The van der Waals surface area contributed by atoms with Gasteiger partial charge in [-0.05, 0) is 40.2 Å². The second-order valence-corrected chi connectivity index (χ2v) is 7.86. The van der Waals surface area contributed by atoms with Gasteiger partial charge in [-0.2, -0.15) is 0 Å². The second kappa shape index (κ2) is 8.00. The lowest BCUT2D eigenvalue weighted by Gasteiger charge is -2.32. The number of benzene rings is 1. The molecule has 2 N–H and O–H groups in total. The zero-order valence-corrected chi connectivity index (χ0v) is 16.5. The van der Waals surface area contributed by atoms with E-state index in [0.717, 1.165) is 5.56 Å². The molecule has 2 rings (SSSR count). The molecule has 1 aliphatic rings. The quantitative estimate of drug-likeness (QED) is 0.642. The molecule has 27 heavy (non-hydrogen) atoms. The first-order valence-electron chi connectivity index (χ1n) is 8.83. The monoisotopic (exact) mass is 376 g/mol. The first-order valence-corrected chi connectivity index (χ1v) is 8.83. The molecule has 0 unspecified atom stereocenters.